The van der Waals surface area contributed by atoms with Crippen molar-refractivity contribution in [2.75, 3.05) is 32.7 Å². The molecule has 0 amide bonds. The van der Waals surface area contributed by atoms with Gasteiger partial charge >= 0.3 is 0 Å². The third kappa shape index (κ3) is 4.40. The van der Waals surface area contributed by atoms with E-state index >= 15 is 0 Å². The lowest BCUT2D eigenvalue weighted by Gasteiger charge is -2.32. The molecule has 1 heterocycles. The zero-order valence-corrected chi connectivity index (χ0v) is 15.4. The molecule has 1 saturated heterocycles. The predicted molar refractivity (Wildman–Crippen MR) is 97.2 cm³/mol. The van der Waals surface area contributed by atoms with Crippen molar-refractivity contribution in [3.8, 4) is 0 Å². The van der Waals surface area contributed by atoms with Crippen LogP contribution >= 0.6 is 11.6 Å². The lowest BCUT2D eigenvalue weighted by atomic mass is 10.1. The molecular formula is C18H22ClN2O3S+. The number of nitrogens with one attached hydrogen (secondary N) is 1. The van der Waals surface area contributed by atoms with Gasteiger partial charge in [-0.25, -0.2) is 8.42 Å². The minimum atomic E-state index is -3.48. The SMILES string of the molecule is O=S(=O)(c1ccc(Cl)cc1)N1CC[NH+](C[C@H](O)c2ccccc2)CC1. The highest BCUT2D eigenvalue weighted by molar-refractivity contribution is 7.89. The van der Waals surface area contributed by atoms with Crippen molar-refractivity contribution < 1.29 is 18.4 Å². The predicted octanol–water partition coefficient (Wildman–Crippen LogP) is 0.963. The van der Waals surface area contributed by atoms with Crippen LogP contribution in [0.3, 0.4) is 0 Å². The van der Waals surface area contributed by atoms with Gasteiger partial charge in [0.2, 0.25) is 10.0 Å². The van der Waals surface area contributed by atoms with E-state index in [0.29, 0.717) is 37.7 Å². The summed E-state index contributed by atoms with van der Waals surface area (Å²) in [6.45, 7) is 2.83. The first-order valence-electron chi connectivity index (χ1n) is 8.29. The summed E-state index contributed by atoms with van der Waals surface area (Å²) in [6, 6.07) is 15.8. The van der Waals surface area contributed by atoms with E-state index in [1.54, 1.807) is 12.1 Å². The Morgan fingerprint density at radius 1 is 1.04 bits per heavy atom. The van der Waals surface area contributed by atoms with Gasteiger partial charge in [-0.15, -0.1) is 0 Å². The minimum absolute atomic E-state index is 0.268. The molecule has 2 aromatic rings. The Morgan fingerprint density at radius 3 is 2.24 bits per heavy atom. The second-order valence-corrected chi connectivity index (χ2v) is 8.61. The molecule has 0 radical (unpaired) electrons. The van der Waals surface area contributed by atoms with Gasteiger partial charge < -0.3 is 10.0 Å². The second-order valence-electron chi connectivity index (χ2n) is 6.24. The van der Waals surface area contributed by atoms with Crippen LogP contribution in [0.15, 0.2) is 59.5 Å². The number of halogens is 1. The normalized spacial score (nSPS) is 18.2. The Kier molecular flexibility index (Phi) is 5.76. The van der Waals surface area contributed by atoms with Crippen molar-refractivity contribution in [1.29, 1.82) is 0 Å². The third-order valence-electron chi connectivity index (χ3n) is 4.55. The van der Waals surface area contributed by atoms with Crippen molar-refractivity contribution in [2.24, 2.45) is 0 Å². The molecule has 1 atom stereocenters. The summed E-state index contributed by atoms with van der Waals surface area (Å²) < 4.78 is 26.9. The van der Waals surface area contributed by atoms with Crippen LogP contribution < -0.4 is 4.90 Å². The van der Waals surface area contributed by atoms with E-state index in [9.17, 15) is 13.5 Å². The molecule has 5 nitrogen and oxygen atoms in total. The van der Waals surface area contributed by atoms with E-state index < -0.39 is 16.1 Å². The van der Waals surface area contributed by atoms with Crippen molar-refractivity contribution in [2.45, 2.75) is 11.0 Å². The molecule has 0 aromatic heterocycles. The molecule has 3 rings (SSSR count). The molecular weight excluding hydrogens is 360 g/mol. The summed E-state index contributed by atoms with van der Waals surface area (Å²) in [5, 5.41) is 10.9. The van der Waals surface area contributed by atoms with Gasteiger partial charge in [0.05, 0.1) is 31.1 Å². The van der Waals surface area contributed by atoms with Crippen LogP contribution in [0.4, 0.5) is 0 Å². The average Bonchev–Trinajstić information content (AvgIpc) is 2.63. The highest BCUT2D eigenvalue weighted by Crippen LogP contribution is 2.18. The molecule has 1 aliphatic rings. The Morgan fingerprint density at radius 2 is 1.64 bits per heavy atom. The van der Waals surface area contributed by atoms with Crippen molar-refractivity contribution in [3.63, 3.8) is 0 Å². The van der Waals surface area contributed by atoms with E-state index in [4.69, 9.17) is 11.6 Å². The molecule has 25 heavy (non-hydrogen) atoms. The summed E-state index contributed by atoms with van der Waals surface area (Å²) in [6.07, 6.45) is -0.532. The minimum Gasteiger partial charge on any atom is -0.382 e. The number of nitrogens with zero attached hydrogens (tertiary/aromatic N) is 1. The van der Waals surface area contributed by atoms with Gasteiger partial charge in [-0.3, -0.25) is 0 Å². The molecule has 0 saturated carbocycles. The summed E-state index contributed by atoms with van der Waals surface area (Å²) >= 11 is 5.83. The lowest BCUT2D eigenvalue weighted by Crippen LogP contribution is -3.15. The number of aliphatic hydroxyl groups excluding tert-OH is 1. The Hall–Kier alpha value is -1.44. The fourth-order valence-corrected chi connectivity index (χ4v) is 4.64. The van der Waals surface area contributed by atoms with Gasteiger partial charge in [0.1, 0.15) is 12.6 Å². The van der Waals surface area contributed by atoms with Crippen molar-refractivity contribution in [3.05, 3.63) is 65.2 Å². The largest absolute Gasteiger partial charge is 0.382 e. The first kappa shape index (κ1) is 18.4. The van der Waals surface area contributed by atoms with Gasteiger partial charge in [-0.1, -0.05) is 41.9 Å². The summed E-state index contributed by atoms with van der Waals surface area (Å²) in [5.41, 5.74) is 0.895. The molecule has 7 heteroatoms. The molecule has 0 unspecified atom stereocenters. The van der Waals surface area contributed by atoms with Gasteiger partial charge in [0.25, 0.3) is 0 Å². The Balaban J connectivity index is 1.59. The number of benzene rings is 2. The molecule has 2 aromatic carbocycles. The van der Waals surface area contributed by atoms with E-state index in [0.717, 1.165) is 5.56 Å². The summed E-state index contributed by atoms with van der Waals surface area (Å²) in [5.74, 6) is 0. The number of rotatable bonds is 5. The number of sulfonamides is 1. The number of hydrogen-bond acceptors (Lipinski definition) is 3. The molecule has 0 spiro atoms. The monoisotopic (exact) mass is 381 g/mol. The third-order valence-corrected chi connectivity index (χ3v) is 6.71. The molecule has 0 bridgehead atoms. The first-order valence-corrected chi connectivity index (χ1v) is 10.1. The highest BCUT2D eigenvalue weighted by atomic mass is 35.5. The van der Waals surface area contributed by atoms with E-state index in [-0.39, 0.29) is 4.90 Å². The second kappa shape index (κ2) is 7.85. The van der Waals surface area contributed by atoms with Crippen LogP contribution in [0, 0.1) is 0 Å². The molecule has 0 aliphatic carbocycles. The van der Waals surface area contributed by atoms with Crippen LogP contribution in [-0.4, -0.2) is 50.6 Å². The average molecular weight is 382 g/mol. The topological polar surface area (TPSA) is 62.0 Å². The molecule has 2 N–H and O–H groups in total. The maximum atomic E-state index is 12.7. The van der Waals surface area contributed by atoms with Crippen LogP contribution in [0.25, 0.3) is 0 Å². The van der Waals surface area contributed by atoms with Crippen LogP contribution in [0.2, 0.25) is 5.02 Å². The maximum Gasteiger partial charge on any atom is 0.243 e. The Labute approximate surface area is 153 Å². The van der Waals surface area contributed by atoms with E-state index in [2.05, 4.69) is 0 Å². The smallest absolute Gasteiger partial charge is 0.243 e. The highest BCUT2D eigenvalue weighted by Gasteiger charge is 2.31. The summed E-state index contributed by atoms with van der Waals surface area (Å²) in [4.78, 5) is 1.48. The van der Waals surface area contributed by atoms with Gasteiger partial charge in [-0.2, -0.15) is 4.31 Å². The van der Waals surface area contributed by atoms with E-state index in [1.165, 1.54) is 21.3 Å². The van der Waals surface area contributed by atoms with Crippen molar-refractivity contribution in [1.82, 2.24) is 4.31 Å². The van der Waals surface area contributed by atoms with E-state index in [1.807, 2.05) is 30.3 Å². The quantitative estimate of drug-likeness (QED) is 0.811. The standard InChI is InChI=1S/C18H21ClN2O3S/c19-16-6-8-17(9-7-16)25(23,24)21-12-10-20(11-13-21)14-18(22)15-4-2-1-3-5-15/h1-9,18,22H,10-14H2/p+1/t18-/m0/s1. The fraction of sp³-hybridized carbons (Fsp3) is 0.333. The lowest BCUT2D eigenvalue weighted by molar-refractivity contribution is -0.907. The zero-order valence-electron chi connectivity index (χ0n) is 13.8. The van der Waals surface area contributed by atoms with Gasteiger partial charge in [-0.05, 0) is 29.8 Å². The number of hydrogen-bond donors (Lipinski definition) is 2. The summed E-state index contributed by atoms with van der Waals surface area (Å²) in [7, 11) is -3.48. The molecule has 1 fully saturated rings. The fourth-order valence-electron chi connectivity index (χ4n) is 3.07. The molecule has 1 aliphatic heterocycles. The number of piperazine rings is 1. The first-order chi connectivity index (χ1) is 12.0. The number of aliphatic hydroxyl groups is 1. The van der Waals surface area contributed by atoms with Crippen molar-refractivity contribution >= 4 is 21.6 Å². The molecule has 134 valence electrons. The zero-order chi connectivity index (χ0) is 17.9. The van der Waals surface area contributed by atoms with Crippen LogP contribution in [-0.2, 0) is 10.0 Å². The van der Waals surface area contributed by atoms with Gasteiger partial charge in [0.15, 0.2) is 0 Å². The van der Waals surface area contributed by atoms with Gasteiger partial charge in [0, 0.05) is 5.02 Å². The Bertz CT molecular complexity index is 789. The van der Waals surface area contributed by atoms with Crippen LogP contribution in [0.5, 0.6) is 0 Å². The number of quaternary nitrogens is 1. The van der Waals surface area contributed by atoms with Crippen LogP contribution in [0.1, 0.15) is 11.7 Å². The maximum absolute atomic E-state index is 12.7.